The number of carbonyl (C=O) groups excluding carboxylic acids is 1. The Balaban J connectivity index is 2.00. The van der Waals surface area contributed by atoms with Crippen LogP contribution in [0.4, 0.5) is 10.1 Å². The second kappa shape index (κ2) is 9.54. The second-order valence-corrected chi connectivity index (χ2v) is 8.32. The van der Waals surface area contributed by atoms with Crippen molar-refractivity contribution in [2.75, 3.05) is 24.2 Å². The molecular formula is C20H25FN2O4S. The van der Waals surface area contributed by atoms with Crippen LogP contribution in [0.15, 0.2) is 48.5 Å². The van der Waals surface area contributed by atoms with Gasteiger partial charge in [-0.25, -0.2) is 12.8 Å². The standard InChI is InChI=1S/C20H25FN2O4S/c1-15(20(24)22-13-5-6-16-9-11-17(21)12-10-16)23(28(3,25)26)18-7-4-8-19(14-18)27-2/h4,7-12,14-15H,5-6,13H2,1-3H3,(H,22,24). The van der Waals surface area contributed by atoms with Crippen LogP contribution in [0.1, 0.15) is 18.9 Å². The van der Waals surface area contributed by atoms with Gasteiger partial charge in [-0.3, -0.25) is 9.10 Å². The molecule has 8 heteroatoms. The Kier molecular flexibility index (Phi) is 7.39. The number of halogens is 1. The molecule has 0 aliphatic carbocycles. The molecule has 6 nitrogen and oxygen atoms in total. The molecule has 0 aliphatic heterocycles. The van der Waals surface area contributed by atoms with Crippen molar-refractivity contribution in [3.05, 3.63) is 59.9 Å². The number of anilines is 1. The maximum atomic E-state index is 12.9. The average molecular weight is 408 g/mol. The van der Waals surface area contributed by atoms with Gasteiger partial charge in [-0.15, -0.1) is 0 Å². The SMILES string of the molecule is COc1cccc(N(C(C)C(=O)NCCCc2ccc(F)cc2)S(C)(=O)=O)c1. The number of carbonyl (C=O) groups is 1. The summed E-state index contributed by atoms with van der Waals surface area (Å²) in [6.07, 6.45) is 2.40. The molecule has 0 radical (unpaired) electrons. The third-order valence-electron chi connectivity index (χ3n) is 4.25. The molecule has 28 heavy (non-hydrogen) atoms. The van der Waals surface area contributed by atoms with Crippen molar-refractivity contribution in [3.63, 3.8) is 0 Å². The van der Waals surface area contributed by atoms with Gasteiger partial charge in [0.1, 0.15) is 17.6 Å². The number of sulfonamides is 1. The highest BCUT2D eigenvalue weighted by Gasteiger charge is 2.29. The Morgan fingerprint density at radius 1 is 1.21 bits per heavy atom. The Morgan fingerprint density at radius 2 is 1.89 bits per heavy atom. The van der Waals surface area contributed by atoms with Gasteiger partial charge in [0.05, 0.1) is 19.1 Å². The first kappa shape index (κ1) is 21.7. The number of aryl methyl sites for hydroxylation is 1. The fourth-order valence-corrected chi connectivity index (χ4v) is 4.03. The van der Waals surface area contributed by atoms with Gasteiger partial charge in [-0.1, -0.05) is 18.2 Å². The topological polar surface area (TPSA) is 75.7 Å². The number of ether oxygens (including phenoxy) is 1. The van der Waals surface area contributed by atoms with E-state index in [1.807, 2.05) is 0 Å². The number of methoxy groups -OCH3 is 1. The third-order valence-corrected chi connectivity index (χ3v) is 5.49. The fourth-order valence-electron chi connectivity index (χ4n) is 2.86. The normalized spacial score (nSPS) is 12.3. The molecule has 152 valence electrons. The van der Waals surface area contributed by atoms with E-state index in [9.17, 15) is 17.6 Å². The van der Waals surface area contributed by atoms with E-state index in [1.165, 1.54) is 26.2 Å². The lowest BCUT2D eigenvalue weighted by atomic mass is 10.1. The van der Waals surface area contributed by atoms with E-state index in [-0.39, 0.29) is 5.82 Å². The van der Waals surface area contributed by atoms with Crippen LogP contribution in [0.5, 0.6) is 5.75 Å². The van der Waals surface area contributed by atoms with Crippen LogP contribution in [0.25, 0.3) is 0 Å². The lowest BCUT2D eigenvalue weighted by molar-refractivity contribution is -0.121. The molecule has 1 atom stereocenters. The van der Waals surface area contributed by atoms with Crippen molar-refractivity contribution >= 4 is 21.6 Å². The molecule has 0 bridgehead atoms. The summed E-state index contributed by atoms with van der Waals surface area (Å²) in [6, 6.07) is 11.8. The van der Waals surface area contributed by atoms with Gasteiger partial charge in [0, 0.05) is 12.6 Å². The molecule has 2 aromatic rings. The van der Waals surface area contributed by atoms with Gasteiger partial charge >= 0.3 is 0 Å². The minimum absolute atomic E-state index is 0.288. The summed E-state index contributed by atoms with van der Waals surface area (Å²) in [5, 5.41) is 2.76. The molecular weight excluding hydrogens is 383 g/mol. The number of rotatable bonds is 9. The predicted octanol–water partition coefficient (Wildman–Crippen LogP) is 2.74. The summed E-state index contributed by atoms with van der Waals surface area (Å²) in [7, 11) is -2.20. The molecule has 1 N–H and O–H groups in total. The quantitative estimate of drug-likeness (QED) is 0.648. The molecule has 0 fully saturated rings. The minimum Gasteiger partial charge on any atom is -0.497 e. The van der Waals surface area contributed by atoms with Crippen LogP contribution in [0, 0.1) is 5.82 Å². The van der Waals surface area contributed by atoms with Gasteiger partial charge in [0.15, 0.2) is 0 Å². The van der Waals surface area contributed by atoms with E-state index in [4.69, 9.17) is 4.74 Å². The second-order valence-electron chi connectivity index (χ2n) is 6.46. The van der Waals surface area contributed by atoms with Crippen molar-refractivity contribution in [2.24, 2.45) is 0 Å². The summed E-state index contributed by atoms with van der Waals surface area (Å²) in [4.78, 5) is 12.5. The van der Waals surface area contributed by atoms with Crippen LogP contribution in [-0.2, 0) is 21.2 Å². The Hall–Kier alpha value is -2.61. The largest absolute Gasteiger partial charge is 0.497 e. The first-order chi connectivity index (χ1) is 13.2. The van der Waals surface area contributed by atoms with Gasteiger partial charge in [-0.05, 0) is 49.6 Å². The maximum Gasteiger partial charge on any atom is 0.243 e. The van der Waals surface area contributed by atoms with Crippen molar-refractivity contribution in [2.45, 2.75) is 25.8 Å². The first-order valence-electron chi connectivity index (χ1n) is 8.88. The van der Waals surface area contributed by atoms with Crippen molar-refractivity contribution in [1.29, 1.82) is 0 Å². The number of amides is 1. The summed E-state index contributed by atoms with van der Waals surface area (Å²) < 4.78 is 43.7. The molecule has 0 spiro atoms. The minimum atomic E-state index is -3.68. The van der Waals surface area contributed by atoms with Crippen molar-refractivity contribution in [1.82, 2.24) is 5.32 Å². The molecule has 2 aromatic carbocycles. The lowest BCUT2D eigenvalue weighted by Gasteiger charge is -2.28. The zero-order chi connectivity index (χ0) is 20.7. The van der Waals surface area contributed by atoms with Crippen LogP contribution in [0.3, 0.4) is 0 Å². The van der Waals surface area contributed by atoms with Crippen molar-refractivity contribution in [3.8, 4) is 5.75 Å². The van der Waals surface area contributed by atoms with E-state index in [0.29, 0.717) is 30.8 Å². The van der Waals surface area contributed by atoms with Gasteiger partial charge < -0.3 is 10.1 Å². The van der Waals surface area contributed by atoms with Crippen LogP contribution in [-0.4, -0.2) is 40.3 Å². The molecule has 0 aromatic heterocycles. The summed E-state index contributed by atoms with van der Waals surface area (Å²) >= 11 is 0. The first-order valence-corrected chi connectivity index (χ1v) is 10.7. The van der Waals surface area contributed by atoms with Crippen LogP contribution in [0.2, 0.25) is 0 Å². The monoisotopic (exact) mass is 408 g/mol. The van der Waals surface area contributed by atoms with Crippen LogP contribution < -0.4 is 14.4 Å². The summed E-state index contributed by atoms with van der Waals surface area (Å²) in [6.45, 7) is 1.92. The van der Waals surface area contributed by atoms with E-state index >= 15 is 0 Å². The molecule has 0 saturated carbocycles. The zero-order valence-electron chi connectivity index (χ0n) is 16.2. The number of hydrogen-bond donors (Lipinski definition) is 1. The lowest BCUT2D eigenvalue weighted by Crippen LogP contribution is -2.48. The van der Waals surface area contributed by atoms with Gasteiger partial charge in [0.25, 0.3) is 0 Å². The maximum absolute atomic E-state index is 12.9. The Bertz CT molecular complexity index is 901. The highest BCUT2D eigenvalue weighted by molar-refractivity contribution is 7.92. The average Bonchev–Trinajstić information content (AvgIpc) is 2.65. The molecule has 0 heterocycles. The smallest absolute Gasteiger partial charge is 0.243 e. The fraction of sp³-hybridized carbons (Fsp3) is 0.350. The van der Waals surface area contributed by atoms with E-state index in [2.05, 4.69) is 5.32 Å². The summed E-state index contributed by atoms with van der Waals surface area (Å²) in [5.41, 5.74) is 1.33. The summed E-state index contributed by atoms with van der Waals surface area (Å²) in [5.74, 6) is -0.185. The Labute approximate surface area is 165 Å². The van der Waals surface area contributed by atoms with E-state index < -0.39 is 22.0 Å². The van der Waals surface area contributed by atoms with Crippen molar-refractivity contribution < 1.29 is 22.3 Å². The predicted molar refractivity (Wildman–Crippen MR) is 108 cm³/mol. The molecule has 1 amide bonds. The van der Waals surface area contributed by atoms with Crippen LogP contribution >= 0.6 is 0 Å². The van der Waals surface area contributed by atoms with Gasteiger partial charge in [-0.2, -0.15) is 0 Å². The zero-order valence-corrected chi connectivity index (χ0v) is 17.0. The molecule has 0 saturated heterocycles. The van der Waals surface area contributed by atoms with E-state index in [1.54, 1.807) is 36.4 Å². The molecule has 2 rings (SSSR count). The molecule has 0 aliphatic rings. The number of benzene rings is 2. The number of nitrogens with zero attached hydrogens (tertiary/aromatic N) is 1. The van der Waals surface area contributed by atoms with Gasteiger partial charge in [0.2, 0.25) is 15.9 Å². The third kappa shape index (κ3) is 5.95. The molecule has 1 unspecified atom stereocenters. The van der Waals surface area contributed by atoms with E-state index in [0.717, 1.165) is 16.1 Å². The highest BCUT2D eigenvalue weighted by Crippen LogP contribution is 2.25. The Morgan fingerprint density at radius 3 is 2.50 bits per heavy atom. The highest BCUT2D eigenvalue weighted by atomic mass is 32.2. The number of nitrogens with one attached hydrogen (secondary N) is 1. The number of hydrogen-bond acceptors (Lipinski definition) is 4.